The molecule has 188 valence electrons. The second kappa shape index (κ2) is 9.74. The Kier molecular flexibility index (Phi) is 6.68. The number of pyridine rings is 1. The number of anilines is 2. The monoisotopic (exact) mass is 478 g/mol. The van der Waals surface area contributed by atoms with Gasteiger partial charge in [0.05, 0.1) is 11.0 Å². The first-order chi connectivity index (χ1) is 16.9. The maximum Gasteiger partial charge on any atom is 0.260 e. The summed E-state index contributed by atoms with van der Waals surface area (Å²) in [7, 11) is 2.15. The molecule has 8 nitrogen and oxygen atoms in total. The number of aliphatic hydroxyl groups is 1. The molecule has 0 spiro atoms. The van der Waals surface area contributed by atoms with Gasteiger partial charge in [-0.25, -0.2) is 4.98 Å². The summed E-state index contributed by atoms with van der Waals surface area (Å²) in [5, 5.41) is 16.4. The smallest absolute Gasteiger partial charge is 0.260 e. The summed E-state index contributed by atoms with van der Waals surface area (Å²) in [6.07, 6.45) is 6.87. The number of fused-ring (bicyclic) bond motifs is 3. The number of aromatic nitrogens is 3. The standard InChI is InChI=1S/C27H38N6O2/c1-4-5-12-28-26-29-18-23-21-7-6-20(32-15-13-31(3)14-16-32)17-22(21)25(34)33(24(23)30-26)19-8-10-27(2,35)11-9-19/h6-7,17-19,35H,4-5,8-16H2,1-3H3,(H,28,29,30)/t19-,27+. The molecule has 1 aliphatic heterocycles. The van der Waals surface area contributed by atoms with Crippen molar-refractivity contribution in [2.45, 2.75) is 64.0 Å². The fourth-order valence-electron chi connectivity index (χ4n) is 5.46. The predicted octanol–water partition coefficient (Wildman–Crippen LogP) is 3.77. The lowest BCUT2D eigenvalue weighted by Gasteiger charge is -2.35. The van der Waals surface area contributed by atoms with Crippen molar-refractivity contribution in [3.05, 3.63) is 34.7 Å². The molecular formula is C27H38N6O2. The Balaban J connectivity index is 1.63. The number of hydrogen-bond donors (Lipinski definition) is 2. The van der Waals surface area contributed by atoms with Gasteiger partial charge in [-0.05, 0) is 63.6 Å². The number of benzene rings is 1. The minimum absolute atomic E-state index is 0.00762. The van der Waals surface area contributed by atoms with Gasteiger partial charge >= 0.3 is 0 Å². The number of hydrogen-bond acceptors (Lipinski definition) is 7. The van der Waals surface area contributed by atoms with Gasteiger partial charge in [0.15, 0.2) is 0 Å². The molecule has 0 unspecified atom stereocenters. The zero-order valence-electron chi connectivity index (χ0n) is 21.3. The zero-order valence-corrected chi connectivity index (χ0v) is 21.3. The first-order valence-electron chi connectivity index (χ1n) is 13.1. The summed E-state index contributed by atoms with van der Waals surface area (Å²) in [5.41, 5.74) is 1.13. The maximum absolute atomic E-state index is 14.1. The van der Waals surface area contributed by atoms with Gasteiger partial charge in [0, 0.05) is 56.0 Å². The fraction of sp³-hybridized carbons (Fsp3) is 0.593. The van der Waals surface area contributed by atoms with Crippen LogP contribution in [0.4, 0.5) is 11.6 Å². The highest BCUT2D eigenvalue weighted by Crippen LogP contribution is 2.36. The largest absolute Gasteiger partial charge is 0.390 e. The van der Waals surface area contributed by atoms with Crippen LogP contribution in [0, 0.1) is 0 Å². The van der Waals surface area contributed by atoms with E-state index in [-0.39, 0.29) is 11.6 Å². The summed E-state index contributed by atoms with van der Waals surface area (Å²) in [5.74, 6) is 0.565. The van der Waals surface area contributed by atoms with Crippen molar-refractivity contribution in [1.29, 1.82) is 0 Å². The van der Waals surface area contributed by atoms with Crippen molar-refractivity contribution in [3.8, 4) is 0 Å². The number of nitrogens with zero attached hydrogens (tertiary/aromatic N) is 5. The summed E-state index contributed by atoms with van der Waals surface area (Å²) < 4.78 is 1.90. The third kappa shape index (κ3) is 4.86. The Labute approximate surface area is 207 Å². The third-order valence-electron chi connectivity index (χ3n) is 7.82. The molecule has 2 fully saturated rings. The highest BCUT2D eigenvalue weighted by molar-refractivity contribution is 6.05. The Morgan fingerprint density at radius 1 is 1.11 bits per heavy atom. The van der Waals surface area contributed by atoms with E-state index in [4.69, 9.17) is 4.98 Å². The van der Waals surface area contributed by atoms with Crippen LogP contribution in [0.3, 0.4) is 0 Å². The van der Waals surface area contributed by atoms with Crippen LogP contribution in [0.5, 0.6) is 0 Å². The Bertz CT molecular complexity index is 1250. The minimum Gasteiger partial charge on any atom is -0.390 e. The van der Waals surface area contributed by atoms with Crippen molar-refractivity contribution < 1.29 is 5.11 Å². The third-order valence-corrected chi connectivity index (χ3v) is 7.82. The Morgan fingerprint density at radius 3 is 2.57 bits per heavy atom. The summed E-state index contributed by atoms with van der Waals surface area (Å²) in [6.45, 7) is 8.80. The first-order valence-corrected chi connectivity index (χ1v) is 13.1. The van der Waals surface area contributed by atoms with E-state index < -0.39 is 5.60 Å². The van der Waals surface area contributed by atoms with Crippen LogP contribution in [0.15, 0.2) is 29.2 Å². The lowest BCUT2D eigenvalue weighted by molar-refractivity contribution is 0.0100. The molecule has 0 amide bonds. The Hall–Kier alpha value is -2.71. The molecular weight excluding hydrogens is 440 g/mol. The van der Waals surface area contributed by atoms with Gasteiger partial charge in [-0.2, -0.15) is 4.98 Å². The number of unbranched alkanes of at least 4 members (excludes halogenated alkanes) is 1. The molecule has 3 heterocycles. The van der Waals surface area contributed by atoms with Crippen molar-refractivity contribution >= 4 is 33.4 Å². The lowest BCUT2D eigenvalue weighted by Crippen LogP contribution is -2.44. The van der Waals surface area contributed by atoms with Gasteiger partial charge in [0.25, 0.3) is 5.56 Å². The SMILES string of the molecule is CCCCNc1ncc2c3ccc(N4CCN(C)CC4)cc3c(=O)n([C@H]3CC[C@@](C)(O)CC3)c2n1. The number of nitrogens with one attached hydrogen (secondary N) is 1. The molecule has 1 aromatic carbocycles. The fourth-order valence-corrected chi connectivity index (χ4v) is 5.46. The van der Waals surface area contributed by atoms with E-state index in [9.17, 15) is 9.90 Å². The number of rotatable bonds is 6. The first kappa shape index (κ1) is 24.0. The van der Waals surface area contributed by atoms with Gasteiger partial charge in [0.2, 0.25) is 5.95 Å². The van der Waals surface area contributed by atoms with Crippen LogP contribution < -0.4 is 15.8 Å². The van der Waals surface area contributed by atoms with Gasteiger partial charge < -0.3 is 20.2 Å². The molecule has 0 bridgehead atoms. The molecule has 1 saturated heterocycles. The average Bonchev–Trinajstić information content (AvgIpc) is 2.85. The highest BCUT2D eigenvalue weighted by Gasteiger charge is 2.31. The van der Waals surface area contributed by atoms with Crippen molar-refractivity contribution in [1.82, 2.24) is 19.4 Å². The van der Waals surface area contributed by atoms with E-state index in [0.717, 1.165) is 80.3 Å². The molecule has 2 N–H and O–H groups in total. The Morgan fingerprint density at radius 2 is 1.86 bits per heavy atom. The minimum atomic E-state index is -0.663. The van der Waals surface area contributed by atoms with E-state index in [1.54, 1.807) is 0 Å². The van der Waals surface area contributed by atoms with E-state index >= 15 is 0 Å². The summed E-state index contributed by atoms with van der Waals surface area (Å²) in [6, 6.07) is 6.27. The molecule has 8 heteroatoms. The second-order valence-electron chi connectivity index (χ2n) is 10.6. The van der Waals surface area contributed by atoms with Gasteiger partial charge in [-0.3, -0.25) is 9.36 Å². The van der Waals surface area contributed by atoms with Crippen molar-refractivity contribution in [3.63, 3.8) is 0 Å². The van der Waals surface area contributed by atoms with Crippen LogP contribution in [0.1, 0.15) is 58.4 Å². The molecule has 0 radical (unpaired) electrons. The molecule has 2 aromatic heterocycles. The van der Waals surface area contributed by atoms with Crippen LogP contribution in [0.25, 0.3) is 21.8 Å². The van der Waals surface area contributed by atoms with Crippen LogP contribution >= 0.6 is 0 Å². The average molecular weight is 479 g/mol. The lowest BCUT2D eigenvalue weighted by atomic mass is 9.83. The second-order valence-corrected chi connectivity index (χ2v) is 10.6. The van der Waals surface area contributed by atoms with Crippen molar-refractivity contribution in [2.75, 3.05) is 50.0 Å². The van der Waals surface area contributed by atoms with E-state index in [1.807, 2.05) is 17.7 Å². The predicted molar refractivity (Wildman–Crippen MR) is 143 cm³/mol. The van der Waals surface area contributed by atoms with Crippen LogP contribution in [-0.2, 0) is 0 Å². The molecule has 0 atom stereocenters. The zero-order chi connectivity index (χ0) is 24.6. The molecule has 1 aliphatic carbocycles. The molecule has 5 rings (SSSR count). The van der Waals surface area contributed by atoms with Crippen LogP contribution in [-0.4, -0.2) is 69.9 Å². The number of likely N-dealkylation sites (N-methyl/N-ethyl adjacent to an activating group) is 1. The molecule has 35 heavy (non-hydrogen) atoms. The van der Waals surface area contributed by atoms with E-state index in [0.29, 0.717) is 24.4 Å². The molecule has 3 aromatic rings. The van der Waals surface area contributed by atoms with Gasteiger partial charge in [0.1, 0.15) is 5.65 Å². The van der Waals surface area contributed by atoms with E-state index in [1.165, 1.54) is 0 Å². The normalized spacial score (nSPS) is 23.8. The quantitative estimate of drug-likeness (QED) is 0.412. The van der Waals surface area contributed by atoms with Crippen LogP contribution in [0.2, 0.25) is 0 Å². The molecule has 2 aliphatic rings. The van der Waals surface area contributed by atoms with E-state index in [2.05, 4.69) is 52.3 Å². The van der Waals surface area contributed by atoms with Gasteiger partial charge in [-0.1, -0.05) is 19.4 Å². The summed E-state index contributed by atoms with van der Waals surface area (Å²) in [4.78, 5) is 28.2. The topological polar surface area (TPSA) is 86.5 Å². The molecule has 1 saturated carbocycles. The van der Waals surface area contributed by atoms with Crippen molar-refractivity contribution in [2.24, 2.45) is 0 Å². The maximum atomic E-state index is 14.1. The highest BCUT2D eigenvalue weighted by atomic mass is 16.3. The van der Waals surface area contributed by atoms with Gasteiger partial charge in [-0.15, -0.1) is 0 Å². The summed E-state index contributed by atoms with van der Waals surface area (Å²) >= 11 is 0. The number of piperazine rings is 1.